The molecule has 0 aliphatic carbocycles. The Morgan fingerprint density at radius 3 is 2.25 bits per heavy atom. The summed E-state index contributed by atoms with van der Waals surface area (Å²) in [6, 6.07) is 0. The summed E-state index contributed by atoms with van der Waals surface area (Å²) in [7, 11) is 0. The highest BCUT2D eigenvalue weighted by atomic mass is 16.6. The first kappa shape index (κ1) is 10.9. The summed E-state index contributed by atoms with van der Waals surface area (Å²) in [6.07, 6.45) is 0.922. The molecule has 4 nitrogen and oxygen atoms in total. The van der Waals surface area contributed by atoms with E-state index in [1.54, 1.807) is 0 Å². The van der Waals surface area contributed by atoms with Crippen molar-refractivity contribution >= 4 is 11.9 Å². The summed E-state index contributed by atoms with van der Waals surface area (Å²) in [5.41, 5.74) is -1.41. The second kappa shape index (κ2) is 4.09. The van der Waals surface area contributed by atoms with E-state index in [1.165, 1.54) is 13.8 Å². The second-order valence-corrected chi connectivity index (χ2v) is 3.04. The number of hydrogen-bond donors (Lipinski definition) is 1. The van der Waals surface area contributed by atoms with Crippen molar-refractivity contribution in [3.8, 4) is 0 Å². The van der Waals surface area contributed by atoms with Crippen molar-refractivity contribution in [1.82, 2.24) is 0 Å². The number of esters is 1. The zero-order chi connectivity index (χ0) is 9.78. The molecule has 0 aromatic heterocycles. The highest BCUT2D eigenvalue weighted by molar-refractivity contribution is 5.81. The molecule has 0 rings (SSSR count). The molecule has 0 radical (unpaired) electrons. The molecule has 0 aromatic rings. The lowest BCUT2D eigenvalue weighted by molar-refractivity contribution is -0.174. The molecule has 4 heteroatoms. The van der Waals surface area contributed by atoms with Crippen LogP contribution in [0, 0.1) is 0 Å². The van der Waals surface area contributed by atoms with E-state index in [0.29, 0.717) is 6.42 Å². The smallest absolute Gasteiger partial charge is 0.347 e. The minimum Gasteiger partial charge on any atom is -0.478 e. The molecular formula is C8H14O4. The summed E-state index contributed by atoms with van der Waals surface area (Å²) in [5.74, 6) is -1.60. The third-order valence-electron chi connectivity index (χ3n) is 1.34. The summed E-state index contributed by atoms with van der Waals surface area (Å²) in [6.45, 7) is 4.53. The van der Waals surface area contributed by atoms with Crippen molar-refractivity contribution in [1.29, 1.82) is 0 Å². The number of carbonyl (C=O) groups is 2. The van der Waals surface area contributed by atoms with Gasteiger partial charge in [0.1, 0.15) is 0 Å². The number of carboxylic acid groups (broad SMARTS) is 1. The molecule has 0 unspecified atom stereocenters. The van der Waals surface area contributed by atoms with Gasteiger partial charge in [0.2, 0.25) is 5.60 Å². The van der Waals surface area contributed by atoms with Crippen LogP contribution in [-0.2, 0) is 14.3 Å². The summed E-state index contributed by atoms with van der Waals surface area (Å²) in [5, 5.41) is 8.58. The molecule has 1 N–H and O–H groups in total. The van der Waals surface area contributed by atoms with Gasteiger partial charge in [-0.25, -0.2) is 4.79 Å². The quantitative estimate of drug-likeness (QED) is 0.650. The zero-order valence-corrected chi connectivity index (χ0v) is 7.59. The van der Waals surface area contributed by atoms with E-state index in [2.05, 4.69) is 0 Å². The van der Waals surface area contributed by atoms with Crippen molar-refractivity contribution in [2.75, 3.05) is 0 Å². The Bertz CT molecular complexity index is 183. The summed E-state index contributed by atoms with van der Waals surface area (Å²) in [4.78, 5) is 21.4. The van der Waals surface area contributed by atoms with Gasteiger partial charge in [0.05, 0.1) is 0 Å². The topological polar surface area (TPSA) is 63.6 Å². The first-order chi connectivity index (χ1) is 5.40. The fraction of sp³-hybridized carbons (Fsp3) is 0.750. The Hall–Kier alpha value is -1.06. The fourth-order valence-corrected chi connectivity index (χ4v) is 0.583. The normalized spacial score (nSPS) is 10.9. The highest BCUT2D eigenvalue weighted by Crippen LogP contribution is 2.10. The first-order valence-corrected chi connectivity index (χ1v) is 3.85. The highest BCUT2D eigenvalue weighted by Gasteiger charge is 2.31. The van der Waals surface area contributed by atoms with Gasteiger partial charge in [0, 0.05) is 6.42 Å². The monoisotopic (exact) mass is 174 g/mol. The van der Waals surface area contributed by atoms with E-state index >= 15 is 0 Å². The van der Waals surface area contributed by atoms with Crippen molar-refractivity contribution < 1.29 is 19.4 Å². The molecule has 0 bridgehead atoms. The van der Waals surface area contributed by atoms with Crippen molar-refractivity contribution in [3.63, 3.8) is 0 Å². The number of carboxylic acids is 1. The van der Waals surface area contributed by atoms with Gasteiger partial charge in [-0.05, 0) is 20.3 Å². The molecule has 0 atom stereocenters. The van der Waals surface area contributed by atoms with Gasteiger partial charge in [-0.1, -0.05) is 6.92 Å². The van der Waals surface area contributed by atoms with Crippen LogP contribution >= 0.6 is 0 Å². The molecule has 0 aromatic carbocycles. The predicted molar refractivity (Wildman–Crippen MR) is 42.7 cm³/mol. The third kappa shape index (κ3) is 3.37. The Morgan fingerprint density at radius 1 is 1.42 bits per heavy atom. The van der Waals surface area contributed by atoms with E-state index in [0.717, 1.165) is 0 Å². The Balaban J connectivity index is 4.06. The van der Waals surface area contributed by atoms with Crippen molar-refractivity contribution in [3.05, 3.63) is 0 Å². The van der Waals surface area contributed by atoms with E-state index in [-0.39, 0.29) is 6.42 Å². The maximum absolute atomic E-state index is 10.9. The molecule has 0 amide bonds. The van der Waals surface area contributed by atoms with Gasteiger partial charge in [0.15, 0.2) is 0 Å². The maximum Gasteiger partial charge on any atom is 0.347 e. The zero-order valence-electron chi connectivity index (χ0n) is 7.59. The summed E-state index contributed by atoms with van der Waals surface area (Å²) >= 11 is 0. The number of carbonyl (C=O) groups excluding carboxylic acids is 1. The number of ether oxygens (including phenoxy) is 1. The predicted octanol–water partition coefficient (Wildman–Crippen LogP) is 1.19. The van der Waals surface area contributed by atoms with E-state index < -0.39 is 17.5 Å². The van der Waals surface area contributed by atoms with Crippen LogP contribution in [0.4, 0.5) is 0 Å². The van der Waals surface area contributed by atoms with Crippen LogP contribution in [0.25, 0.3) is 0 Å². The lowest BCUT2D eigenvalue weighted by atomic mass is 10.1. The molecule has 0 fully saturated rings. The van der Waals surface area contributed by atoms with Gasteiger partial charge in [-0.15, -0.1) is 0 Å². The number of rotatable bonds is 4. The van der Waals surface area contributed by atoms with Crippen molar-refractivity contribution in [2.45, 2.75) is 39.2 Å². The minimum atomic E-state index is -1.41. The molecule has 0 aliphatic heterocycles. The van der Waals surface area contributed by atoms with Gasteiger partial charge >= 0.3 is 11.9 Å². The minimum absolute atomic E-state index is 0.261. The Morgan fingerprint density at radius 2 is 1.92 bits per heavy atom. The molecule has 12 heavy (non-hydrogen) atoms. The van der Waals surface area contributed by atoms with Gasteiger partial charge in [0.25, 0.3) is 0 Å². The number of hydrogen-bond acceptors (Lipinski definition) is 3. The van der Waals surface area contributed by atoms with Crippen LogP contribution in [-0.4, -0.2) is 22.6 Å². The van der Waals surface area contributed by atoms with Gasteiger partial charge in [-0.2, -0.15) is 0 Å². The van der Waals surface area contributed by atoms with Crippen LogP contribution < -0.4 is 0 Å². The average Bonchev–Trinajstić information content (AvgIpc) is 1.85. The molecule has 70 valence electrons. The Kier molecular flexibility index (Phi) is 3.73. The lowest BCUT2D eigenvalue weighted by Gasteiger charge is -2.19. The Labute approximate surface area is 71.5 Å². The maximum atomic E-state index is 10.9. The van der Waals surface area contributed by atoms with E-state index in [4.69, 9.17) is 9.84 Å². The molecule has 0 aliphatic rings. The molecular weight excluding hydrogens is 160 g/mol. The second-order valence-electron chi connectivity index (χ2n) is 3.04. The van der Waals surface area contributed by atoms with Crippen molar-refractivity contribution in [2.24, 2.45) is 0 Å². The molecule has 0 saturated carbocycles. The van der Waals surface area contributed by atoms with E-state index in [9.17, 15) is 9.59 Å². The van der Waals surface area contributed by atoms with Gasteiger partial charge in [-0.3, -0.25) is 4.79 Å². The first-order valence-electron chi connectivity index (χ1n) is 3.85. The van der Waals surface area contributed by atoms with Crippen LogP contribution in [0.3, 0.4) is 0 Å². The molecule has 0 spiro atoms. The standard InChI is InChI=1S/C8H14O4/c1-4-5-6(9)12-8(2,3)7(10)11/h4-5H2,1-3H3,(H,10,11). The summed E-state index contributed by atoms with van der Waals surface area (Å²) < 4.78 is 4.70. The largest absolute Gasteiger partial charge is 0.478 e. The fourth-order valence-electron chi connectivity index (χ4n) is 0.583. The average molecular weight is 174 g/mol. The molecule has 0 heterocycles. The van der Waals surface area contributed by atoms with Crippen LogP contribution in [0.15, 0.2) is 0 Å². The SMILES string of the molecule is CCCC(=O)OC(C)(C)C(=O)O. The van der Waals surface area contributed by atoms with Crippen LogP contribution in [0.1, 0.15) is 33.6 Å². The van der Waals surface area contributed by atoms with Gasteiger partial charge < -0.3 is 9.84 Å². The third-order valence-corrected chi connectivity index (χ3v) is 1.34. The number of aliphatic carboxylic acids is 1. The van der Waals surface area contributed by atoms with Crippen LogP contribution in [0.2, 0.25) is 0 Å². The van der Waals surface area contributed by atoms with E-state index in [1.807, 2.05) is 6.92 Å². The molecule has 0 saturated heterocycles. The van der Waals surface area contributed by atoms with Crippen LogP contribution in [0.5, 0.6) is 0 Å². The lowest BCUT2D eigenvalue weighted by Crippen LogP contribution is -2.36.